The van der Waals surface area contributed by atoms with Crippen molar-refractivity contribution in [3.63, 3.8) is 0 Å². The average molecular weight is 783 g/mol. The van der Waals surface area contributed by atoms with Crippen molar-refractivity contribution < 1.29 is 41.4 Å². The number of rotatable bonds is 12. The third-order valence-electron chi connectivity index (χ3n) is 9.69. The molecule has 3 aromatic rings. The number of H-pyrrole nitrogens is 1. The van der Waals surface area contributed by atoms with Crippen molar-refractivity contribution in [2.45, 2.75) is 65.0 Å². The molecule has 5 rings (SSSR count). The number of piperazine rings is 1. The number of carbonyl (C=O) groups is 3. The van der Waals surface area contributed by atoms with Gasteiger partial charge in [-0.15, -0.1) is 13.2 Å². The topological polar surface area (TPSA) is 153 Å². The zero-order valence-corrected chi connectivity index (χ0v) is 31.8. The summed E-state index contributed by atoms with van der Waals surface area (Å²) in [5, 5.41) is 8.23. The first-order valence-corrected chi connectivity index (χ1v) is 18.1. The number of aromatic nitrogens is 2. The zero-order valence-electron chi connectivity index (χ0n) is 31.8. The Morgan fingerprint density at radius 2 is 1.80 bits per heavy atom. The number of anilines is 1. The highest BCUT2D eigenvalue weighted by atomic mass is 19.4. The van der Waals surface area contributed by atoms with Crippen LogP contribution in [-0.4, -0.2) is 96.1 Å². The Morgan fingerprint density at radius 1 is 1.09 bits per heavy atom. The van der Waals surface area contributed by atoms with Crippen LogP contribution >= 0.6 is 0 Å². The van der Waals surface area contributed by atoms with Crippen molar-refractivity contribution in [3.8, 4) is 28.1 Å². The second-order valence-electron chi connectivity index (χ2n) is 13.9. The minimum Gasteiger partial charge on any atom is -0.453 e. The molecule has 0 bridgehead atoms. The highest BCUT2D eigenvalue weighted by molar-refractivity contribution is 6.04. The molecular weight excluding hydrogens is 736 g/mol. The molecule has 17 heteroatoms. The van der Waals surface area contributed by atoms with Gasteiger partial charge in [-0.25, -0.2) is 19.2 Å². The van der Waals surface area contributed by atoms with E-state index in [0.29, 0.717) is 42.4 Å². The molecule has 0 radical (unpaired) electrons. The summed E-state index contributed by atoms with van der Waals surface area (Å²) < 4.78 is 65.3. The molecular formula is C39H46F4N8O5. The predicted octanol–water partition coefficient (Wildman–Crippen LogP) is 6.55. The molecule has 2 saturated heterocycles. The Morgan fingerprint density at radius 3 is 2.45 bits per heavy atom. The van der Waals surface area contributed by atoms with Gasteiger partial charge in [0.05, 0.1) is 30.7 Å². The molecule has 2 aliphatic heterocycles. The van der Waals surface area contributed by atoms with Crippen molar-refractivity contribution in [1.82, 2.24) is 30.4 Å². The number of aliphatic imine (C=N–C) groups is 1. The maximum Gasteiger partial charge on any atom is 0.573 e. The van der Waals surface area contributed by atoms with Gasteiger partial charge in [0.2, 0.25) is 5.91 Å². The summed E-state index contributed by atoms with van der Waals surface area (Å²) in [5.74, 6) is -1.82. The summed E-state index contributed by atoms with van der Waals surface area (Å²) in [5.41, 5.74) is 0.854. The summed E-state index contributed by atoms with van der Waals surface area (Å²) in [4.78, 5) is 54.0. The maximum atomic E-state index is 15.5. The Labute approximate surface area is 322 Å². The van der Waals surface area contributed by atoms with Crippen molar-refractivity contribution >= 4 is 30.3 Å². The van der Waals surface area contributed by atoms with Crippen LogP contribution in [0.2, 0.25) is 0 Å². The van der Waals surface area contributed by atoms with Gasteiger partial charge < -0.3 is 40.2 Å². The van der Waals surface area contributed by atoms with Crippen LogP contribution in [0.4, 0.5) is 28.0 Å². The minimum atomic E-state index is -5.12. The van der Waals surface area contributed by atoms with Gasteiger partial charge in [-0.1, -0.05) is 44.2 Å². The molecule has 0 spiro atoms. The number of methoxy groups -OCH3 is 1. The lowest BCUT2D eigenvalue weighted by molar-refractivity contribution is -0.274. The molecule has 2 aromatic carbocycles. The number of halogens is 4. The quantitative estimate of drug-likeness (QED) is 0.0699. The number of alkyl halides is 3. The Balaban J connectivity index is 1.34. The third kappa shape index (κ3) is 9.93. The molecule has 3 heterocycles. The first-order chi connectivity index (χ1) is 26.6. The summed E-state index contributed by atoms with van der Waals surface area (Å²) in [6, 6.07) is 6.89. The standard InChI is InChI=1S/C39H46F4N8O5/c1-22(2)34(49-38(54)55-6)37(53)51-16-7-8-31(51)35-46-21-30(47-35)26-12-10-25(11-13-26)27-18-28(40)29(19-32(27)56-39(41,42)43)48-36(52)23(3)9-14-33(44-5)50-17-15-45-20-24(50)4/h9-14,18-19,21-22,24,31,34,45H,5,7-8,15-17,20H2,1-4,6H3,(H,46,47)(H,48,52)(H,49,54). The maximum absolute atomic E-state index is 15.5. The van der Waals surface area contributed by atoms with Crippen LogP contribution in [0.5, 0.6) is 5.75 Å². The Hall–Kier alpha value is -5.71. The SMILES string of the molecule is C=NC(=CC=C(C)C(=O)Nc1cc(OC(F)(F)F)c(-c2ccc(-c3cnc(C4CCCN4C(=O)C(NC(=O)OC)C(C)C)[nH]3)cc2)cc1F)N1CCNCC1C. The van der Waals surface area contributed by atoms with E-state index in [0.717, 1.165) is 31.6 Å². The van der Waals surface area contributed by atoms with E-state index in [-0.39, 0.29) is 40.6 Å². The molecule has 0 aliphatic carbocycles. The fourth-order valence-corrected chi connectivity index (χ4v) is 6.68. The van der Waals surface area contributed by atoms with Gasteiger partial charge in [-0.2, -0.15) is 0 Å². The molecule has 56 heavy (non-hydrogen) atoms. The van der Waals surface area contributed by atoms with E-state index in [4.69, 9.17) is 4.74 Å². The zero-order chi connectivity index (χ0) is 40.7. The van der Waals surface area contributed by atoms with Crippen LogP contribution < -0.4 is 20.7 Å². The number of ether oxygens (including phenoxy) is 2. The van der Waals surface area contributed by atoms with Crippen LogP contribution in [0.15, 0.2) is 71.1 Å². The number of amides is 3. The molecule has 2 fully saturated rings. The van der Waals surface area contributed by atoms with Gasteiger partial charge in [-0.3, -0.25) is 9.59 Å². The Bertz CT molecular complexity index is 1980. The van der Waals surface area contributed by atoms with E-state index in [1.54, 1.807) is 29.3 Å². The van der Waals surface area contributed by atoms with E-state index in [1.165, 1.54) is 32.2 Å². The second-order valence-corrected chi connectivity index (χ2v) is 13.9. The minimum absolute atomic E-state index is 0.131. The number of allylic oxidation sites excluding steroid dienone is 2. The lowest BCUT2D eigenvalue weighted by Crippen LogP contribution is -2.51. The van der Waals surface area contributed by atoms with Crippen LogP contribution in [0, 0.1) is 11.7 Å². The van der Waals surface area contributed by atoms with Gasteiger partial charge >= 0.3 is 12.5 Å². The molecule has 13 nitrogen and oxygen atoms in total. The van der Waals surface area contributed by atoms with Crippen LogP contribution in [0.1, 0.15) is 52.4 Å². The highest BCUT2D eigenvalue weighted by Crippen LogP contribution is 2.39. The largest absolute Gasteiger partial charge is 0.573 e. The number of likely N-dealkylation sites (tertiary alicyclic amines) is 1. The van der Waals surface area contributed by atoms with Gasteiger partial charge in [-0.05, 0) is 62.6 Å². The number of hydrogen-bond acceptors (Lipinski definition) is 9. The molecule has 1 aromatic heterocycles. The van der Waals surface area contributed by atoms with Gasteiger partial charge in [0.15, 0.2) is 0 Å². The van der Waals surface area contributed by atoms with Crippen LogP contribution in [0.25, 0.3) is 22.4 Å². The number of imidazole rings is 1. The van der Waals surface area contributed by atoms with Crippen LogP contribution in [0.3, 0.4) is 0 Å². The molecule has 3 atom stereocenters. The Kier molecular flexibility index (Phi) is 13.2. The number of carbonyl (C=O) groups excluding carboxylic acids is 3. The number of aromatic amines is 1. The summed E-state index contributed by atoms with van der Waals surface area (Å²) in [6.07, 6.45) is 0.215. The second kappa shape index (κ2) is 17.8. The van der Waals surface area contributed by atoms with E-state index in [2.05, 4.69) is 42.4 Å². The van der Waals surface area contributed by atoms with Crippen molar-refractivity contribution in [2.75, 3.05) is 38.6 Å². The number of nitrogens with one attached hydrogen (secondary N) is 4. The summed E-state index contributed by atoms with van der Waals surface area (Å²) in [6.45, 7) is 13.4. The number of alkyl carbamates (subject to hydrolysis) is 1. The van der Waals surface area contributed by atoms with Gasteiger partial charge in [0, 0.05) is 49.4 Å². The van der Waals surface area contributed by atoms with E-state index < -0.39 is 41.7 Å². The first-order valence-electron chi connectivity index (χ1n) is 18.1. The lowest BCUT2D eigenvalue weighted by atomic mass is 10.0. The molecule has 3 amide bonds. The molecule has 4 N–H and O–H groups in total. The fourth-order valence-electron chi connectivity index (χ4n) is 6.68. The predicted molar refractivity (Wildman–Crippen MR) is 203 cm³/mol. The van der Waals surface area contributed by atoms with Crippen LogP contribution in [-0.2, 0) is 14.3 Å². The molecule has 0 saturated carbocycles. The van der Waals surface area contributed by atoms with Gasteiger partial charge in [0.1, 0.15) is 29.3 Å². The normalized spacial score (nSPS) is 18.5. The van der Waals surface area contributed by atoms with Crippen molar-refractivity contribution in [3.05, 3.63) is 77.8 Å². The number of nitrogens with zero attached hydrogens (tertiary/aromatic N) is 4. The monoisotopic (exact) mass is 782 g/mol. The number of hydrogen-bond donors (Lipinski definition) is 4. The first kappa shape index (κ1) is 41.5. The third-order valence-corrected chi connectivity index (χ3v) is 9.69. The van der Waals surface area contributed by atoms with E-state index in [9.17, 15) is 27.6 Å². The molecule has 2 aliphatic rings. The van der Waals surface area contributed by atoms with Gasteiger partial charge in [0.25, 0.3) is 5.91 Å². The summed E-state index contributed by atoms with van der Waals surface area (Å²) in [7, 11) is 1.23. The average Bonchev–Trinajstić information content (AvgIpc) is 3.85. The number of benzene rings is 2. The van der Waals surface area contributed by atoms with Crippen molar-refractivity contribution in [2.24, 2.45) is 10.9 Å². The molecule has 300 valence electrons. The lowest BCUT2D eigenvalue weighted by Gasteiger charge is -2.35. The van der Waals surface area contributed by atoms with E-state index >= 15 is 4.39 Å². The molecule has 3 unspecified atom stereocenters. The van der Waals surface area contributed by atoms with E-state index in [1.807, 2.05) is 25.7 Å². The van der Waals surface area contributed by atoms with Crippen molar-refractivity contribution in [1.29, 1.82) is 0 Å². The smallest absolute Gasteiger partial charge is 0.453 e. The highest BCUT2D eigenvalue weighted by Gasteiger charge is 2.38. The fraction of sp³-hybridized carbons (Fsp3) is 0.410. The summed E-state index contributed by atoms with van der Waals surface area (Å²) >= 11 is 0.